The van der Waals surface area contributed by atoms with Crippen LogP contribution >= 0.6 is 0 Å². The van der Waals surface area contributed by atoms with Gasteiger partial charge in [0.15, 0.2) is 0 Å². The van der Waals surface area contributed by atoms with Crippen LogP contribution in [0.3, 0.4) is 0 Å². The molecule has 0 spiro atoms. The van der Waals surface area contributed by atoms with Crippen LogP contribution in [0.15, 0.2) is 12.7 Å². The average molecular weight is 291 g/mol. The molecule has 6 heteroatoms. The largest absolute Gasteiger partial charge is 0.353 e. The molecule has 0 aromatic carbocycles. The van der Waals surface area contributed by atoms with E-state index < -0.39 is 0 Å². The fraction of sp³-hybridized carbons (Fsp3) is 0.800. The Morgan fingerprint density at radius 2 is 2.10 bits per heavy atom. The molecule has 2 aliphatic rings. The molecule has 2 heterocycles. The first-order valence-corrected chi connectivity index (χ1v) is 8.17. The van der Waals surface area contributed by atoms with Gasteiger partial charge < -0.3 is 5.32 Å². The van der Waals surface area contributed by atoms with Gasteiger partial charge in [0.25, 0.3) is 0 Å². The number of rotatable bonds is 6. The standard InChI is InChI=1S/C15H25N5O/c21-15(18-13-4-1-2-5-13)7-9-19-8-3-6-14(19)10-20-12-16-11-17-20/h11-14H,1-10H2,(H,18,21). The van der Waals surface area contributed by atoms with Crippen molar-refractivity contribution in [1.82, 2.24) is 25.0 Å². The molecule has 2 fully saturated rings. The Morgan fingerprint density at radius 1 is 1.24 bits per heavy atom. The summed E-state index contributed by atoms with van der Waals surface area (Å²) in [4.78, 5) is 18.4. The first kappa shape index (κ1) is 14.5. The maximum atomic E-state index is 12.0. The molecule has 0 bridgehead atoms. The first-order chi connectivity index (χ1) is 10.3. The topological polar surface area (TPSA) is 63.1 Å². The van der Waals surface area contributed by atoms with E-state index in [1.807, 2.05) is 4.68 Å². The number of amides is 1. The number of nitrogens with one attached hydrogen (secondary N) is 1. The van der Waals surface area contributed by atoms with E-state index in [1.54, 1.807) is 12.7 Å². The normalized spacial score (nSPS) is 23.7. The number of nitrogens with zero attached hydrogens (tertiary/aromatic N) is 4. The molecule has 1 unspecified atom stereocenters. The maximum Gasteiger partial charge on any atom is 0.221 e. The van der Waals surface area contributed by atoms with Crippen molar-refractivity contribution in [3.63, 3.8) is 0 Å². The van der Waals surface area contributed by atoms with E-state index in [9.17, 15) is 4.79 Å². The highest BCUT2D eigenvalue weighted by Gasteiger charge is 2.25. The maximum absolute atomic E-state index is 12.0. The number of likely N-dealkylation sites (tertiary alicyclic amines) is 1. The number of hydrogen-bond donors (Lipinski definition) is 1. The number of carbonyl (C=O) groups is 1. The summed E-state index contributed by atoms with van der Waals surface area (Å²) in [5, 5.41) is 7.35. The zero-order valence-corrected chi connectivity index (χ0v) is 12.6. The molecule has 0 radical (unpaired) electrons. The summed E-state index contributed by atoms with van der Waals surface area (Å²) < 4.78 is 1.89. The van der Waals surface area contributed by atoms with Gasteiger partial charge in [0.05, 0.1) is 6.54 Å². The molecule has 1 saturated heterocycles. The van der Waals surface area contributed by atoms with Gasteiger partial charge in [-0.3, -0.25) is 14.4 Å². The van der Waals surface area contributed by atoms with E-state index in [0.717, 1.165) is 32.5 Å². The summed E-state index contributed by atoms with van der Waals surface area (Å²) in [5.74, 6) is 0.216. The van der Waals surface area contributed by atoms with E-state index in [4.69, 9.17) is 0 Å². The highest BCUT2D eigenvalue weighted by atomic mass is 16.1. The van der Waals surface area contributed by atoms with Crippen LogP contribution in [0.1, 0.15) is 44.9 Å². The molecular formula is C15H25N5O. The van der Waals surface area contributed by atoms with Crippen molar-refractivity contribution < 1.29 is 4.79 Å². The second-order valence-electron chi connectivity index (χ2n) is 6.25. The lowest BCUT2D eigenvalue weighted by atomic mass is 10.2. The van der Waals surface area contributed by atoms with Gasteiger partial charge >= 0.3 is 0 Å². The predicted octanol–water partition coefficient (Wildman–Crippen LogP) is 1.19. The molecule has 1 amide bonds. The van der Waals surface area contributed by atoms with Gasteiger partial charge in [0.1, 0.15) is 12.7 Å². The lowest BCUT2D eigenvalue weighted by molar-refractivity contribution is -0.122. The summed E-state index contributed by atoms with van der Waals surface area (Å²) in [6, 6.07) is 0.924. The third kappa shape index (κ3) is 4.03. The summed E-state index contributed by atoms with van der Waals surface area (Å²) in [6.07, 6.45) is 11.2. The van der Waals surface area contributed by atoms with Crippen molar-refractivity contribution in [1.29, 1.82) is 0 Å². The van der Waals surface area contributed by atoms with Crippen LogP contribution in [-0.2, 0) is 11.3 Å². The fourth-order valence-corrected chi connectivity index (χ4v) is 3.55. The van der Waals surface area contributed by atoms with Gasteiger partial charge in [-0.05, 0) is 32.2 Å². The van der Waals surface area contributed by atoms with Crippen LogP contribution in [-0.4, -0.2) is 50.7 Å². The third-order valence-electron chi connectivity index (χ3n) is 4.71. The molecule has 1 aliphatic heterocycles. The van der Waals surface area contributed by atoms with Crippen LogP contribution in [0.2, 0.25) is 0 Å². The molecule has 1 aliphatic carbocycles. The number of carbonyl (C=O) groups excluding carboxylic acids is 1. The summed E-state index contributed by atoms with van der Waals surface area (Å²) in [6.45, 7) is 2.83. The van der Waals surface area contributed by atoms with E-state index in [2.05, 4.69) is 20.3 Å². The Bertz CT molecular complexity index is 441. The Labute approximate surface area is 125 Å². The SMILES string of the molecule is O=C(CCN1CCCC1Cn1cncn1)NC1CCCC1. The molecule has 1 aromatic heterocycles. The molecular weight excluding hydrogens is 266 g/mol. The van der Waals surface area contributed by atoms with Crippen molar-refractivity contribution in [3.8, 4) is 0 Å². The van der Waals surface area contributed by atoms with Crippen molar-refractivity contribution in [2.24, 2.45) is 0 Å². The average Bonchev–Trinajstić information content (AvgIpc) is 3.19. The minimum atomic E-state index is 0.216. The van der Waals surface area contributed by atoms with E-state index in [-0.39, 0.29) is 5.91 Å². The minimum Gasteiger partial charge on any atom is -0.353 e. The Morgan fingerprint density at radius 3 is 2.86 bits per heavy atom. The van der Waals surface area contributed by atoms with Crippen LogP contribution in [0, 0.1) is 0 Å². The molecule has 1 N–H and O–H groups in total. The van der Waals surface area contributed by atoms with Crippen molar-refractivity contribution in [2.45, 2.75) is 63.6 Å². The lowest BCUT2D eigenvalue weighted by Crippen LogP contribution is -2.38. The van der Waals surface area contributed by atoms with Gasteiger partial charge in [-0.15, -0.1) is 0 Å². The van der Waals surface area contributed by atoms with Crippen molar-refractivity contribution >= 4 is 5.91 Å². The fourth-order valence-electron chi connectivity index (χ4n) is 3.55. The van der Waals surface area contributed by atoms with Gasteiger partial charge in [-0.2, -0.15) is 5.10 Å². The third-order valence-corrected chi connectivity index (χ3v) is 4.71. The molecule has 1 atom stereocenters. The monoisotopic (exact) mass is 291 g/mol. The Kier molecular flexibility index (Phi) is 4.85. The van der Waals surface area contributed by atoms with E-state index in [1.165, 1.54) is 25.7 Å². The number of hydrogen-bond acceptors (Lipinski definition) is 4. The Balaban J connectivity index is 1.42. The second-order valence-corrected chi connectivity index (χ2v) is 6.25. The molecule has 116 valence electrons. The molecule has 1 aromatic rings. The van der Waals surface area contributed by atoms with Gasteiger partial charge in [0.2, 0.25) is 5.91 Å². The van der Waals surface area contributed by atoms with E-state index in [0.29, 0.717) is 18.5 Å². The molecule has 21 heavy (non-hydrogen) atoms. The van der Waals surface area contributed by atoms with Crippen LogP contribution in [0.25, 0.3) is 0 Å². The molecule has 1 saturated carbocycles. The zero-order chi connectivity index (χ0) is 14.5. The highest BCUT2D eigenvalue weighted by Crippen LogP contribution is 2.20. The predicted molar refractivity (Wildman–Crippen MR) is 79.6 cm³/mol. The van der Waals surface area contributed by atoms with Crippen LogP contribution in [0.4, 0.5) is 0 Å². The van der Waals surface area contributed by atoms with Crippen LogP contribution in [0.5, 0.6) is 0 Å². The van der Waals surface area contributed by atoms with Gasteiger partial charge in [-0.25, -0.2) is 4.98 Å². The smallest absolute Gasteiger partial charge is 0.221 e. The lowest BCUT2D eigenvalue weighted by Gasteiger charge is -2.24. The van der Waals surface area contributed by atoms with Crippen LogP contribution < -0.4 is 5.32 Å². The number of aromatic nitrogens is 3. The van der Waals surface area contributed by atoms with Gasteiger partial charge in [0, 0.05) is 25.0 Å². The highest BCUT2D eigenvalue weighted by molar-refractivity contribution is 5.76. The van der Waals surface area contributed by atoms with E-state index >= 15 is 0 Å². The second kappa shape index (κ2) is 7.02. The minimum absolute atomic E-state index is 0.216. The first-order valence-electron chi connectivity index (χ1n) is 8.17. The summed E-state index contributed by atoms with van der Waals surface area (Å²) in [7, 11) is 0. The summed E-state index contributed by atoms with van der Waals surface area (Å²) in [5.41, 5.74) is 0. The van der Waals surface area contributed by atoms with Crippen molar-refractivity contribution in [2.75, 3.05) is 13.1 Å². The van der Waals surface area contributed by atoms with Gasteiger partial charge in [-0.1, -0.05) is 12.8 Å². The summed E-state index contributed by atoms with van der Waals surface area (Å²) >= 11 is 0. The quantitative estimate of drug-likeness (QED) is 0.855. The van der Waals surface area contributed by atoms with Crippen molar-refractivity contribution in [3.05, 3.63) is 12.7 Å². The Hall–Kier alpha value is -1.43. The molecule has 6 nitrogen and oxygen atoms in total. The zero-order valence-electron chi connectivity index (χ0n) is 12.6. The molecule has 3 rings (SSSR count).